The third kappa shape index (κ3) is 4.08. The minimum atomic E-state index is -0.176. The van der Waals surface area contributed by atoms with Gasteiger partial charge in [0.25, 0.3) is 0 Å². The lowest BCUT2D eigenvalue weighted by Gasteiger charge is -2.23. The molecule has 4 nitrogen and oxygen atoms in total. The van der Waals surface area contributed by atoms with Crippen molar-refractivity contribution in [2.75, 3.05) is 11.9 Å². The lowest BCUT2D eigenvalue weighted by atomic mass is 9.95. The fraction of sp³-hybridized carbons (Fsp3) is 0.500. The van der Waals surface area contributed by atoms with Crippen LogP contribution in [0.25, 0.3) is 0 Å². The van der Waals surface area contributed by atoms with Crippen LogP contribution in [0, 0.1) is 0 Å². The monoisotopic (exact) mass is 274 g/mol. The quantitative estimate of drug-likeness (QED) is 0.858. The maximum Gasteiger partial charge on any atom is 0.236 e. The fourth-order valence-electron chi connectivity index (χ4n) is 2.58. The number of carbonyl (C=O) groups excluding carboxylic acids is 2. The molecular formula is C16H22N2O2. The van der Waals surface area contributed by atoms with Gasteiger partial charge < -0.3 is 10.2 Å². The number of carbonyl (C=O) groups is 2. The summed E-state index contributed by atoms with van der Waals surface area (Å²) in [6, 6.07) is 9.62. The van der Waals surface area contributed by atoms with E-state index in [4.69, 9.17) is 0 Å². The molecule has 0 saturated heterocycles. The molecule has 1 aliphatic rings. The summed E-state index contributed by atoms with van der Waals surface area (Å²) in [4.78, 5) is 25.5. The van der Waals surface area contributed by atoms with Crippen LogP contribution in [0.5, 0.6) is 0 Å². The summed E-state index contributed by atoms with van der Waals surface area (Å²) in [5, 5.41) is 2.97. The molecule has 0 spiro atoms. The van der Waals surface area contributed by atoms with Crippen LogP contribution in [-0.4, -0.2) is 24.9 Å². The van der Waals surface area contributed by atoms with Crippen LogP contribution in [0.2, 0.25) is 0 Å². The van der Waals surface area contributed by atoms with Crippen molar-refractivity contribution in [1.82, 2.24) is 5.32 Å². The Morgan fingerprint density at radius 3 is 2.45 bits per heavy atom. The van der Waals surface area contributed by atoms with E-state index in [0.717, 1.165) is 18.5 Å². The van der Waals surface area contributed by atoms with Gasteiger partial charge in [-0.3, -0.25) is 9.59 Å². The number of para-hydroxylation sites is 1. The molecule has 2 rings (SSSR count). The molecule has 0 unspecified atom stereocenters. The number of benzene rings is 1. The summed E-state index contributed by atoms with van der Waals surface area (Å²) in [5.74, 6) is -0.339. The minimum Gasteiger partial charge on any atom is -0.353 e. The average Bonchev–Trinajstić information content (AvgIpc) is 2.48. The second kappa shape index (κ2) is 7.08. The van der Waals surface area contributed by atoms with Gasteiger partial charge in [0.15, 0.2) is 0 Å². The Morgan fingerprint density at radius 2 is 1.80 bits per heavy atom. The Bertz CT molecular complexity index is 453. The first kappa shape index (κ1) is 14.6. The Balaban J connectivity index is 1.82. The van der Waals surface area contributed by atoms with Gasteiger partial charge in [-0.1, -0.05) is 37.5 Å². The molecule has 1 fully saturated rings. The van der Waals surface area contributed by atoms with Crippen molar-refractivity contribution in [3.8, 4) is 0 Å². The summed E-state index contributed by atoms with van der Waals surface area (Å²) in [7, 11) is 1.70. The summed E-state index contributed by atoms with van der Waals surface area (Å²) in [6.45, 7) is 0. The summed E-state index contributed by atoms with van der Waals surface area (Å²) >= 11 is 0. The number of rotatable bonds is 4. The Morgan fingerprint density at radius 1 is 1.15 bits per heavy atom. The molecule has 2 amide bonds. The highest BCUT2D eigenvalue weighted by Crippen LogP contribution is 2.17. The van der Waals surface area contributed by atoms with E-state index in [-0.39, 0.29) is 24.3 Å². The largest absolute Gasteiger partial charge is 0.353 e. The molecule has 4 heteroatoms. The fourth-order valence-corrected chi connectivity index (χ4v) is 2.58. The maximum atomic E-state index is 12.1. The highest BCUT2D eigenvalue weighted by molar-refractivity contribution is 6.04. The van der Waals surface area contributed by atoms with Gasteiger partial charge in [-0.15, -0.1) is 0 Å². The lowest BCUT2D eigenvalue weighted by molar-refractivity contribution is -0.128. The zero-order chi connectivity index (χ0) is 14.4. The number of amides is 2. The van der Waals surface area contributed by atoms with E-state index in [2.05, 4.69) is 5.32 Å². The summed E-state index contributed by atoms with van der Waals surface area (Å²) in [6.07, 6.45) is 5.58. The van der Waals surface area contributed by atoms with Gasteiger partial charge in [0.05, 0.1) is 0 Å². The predicted molar refractivity (Wildman–Crippen MR) is 79.5 cm³/mol. The molecule has 20 heavy (non-hydrogen) atoms. The molecule has 1 aromatic carbocycles. The van der Waals surface area contributed by atoms with Crippen LogP contribution >= 0.6 is 0 Å². The van der Waals surface area contributed by atoms with E-state index >= 15 is 0 Å². The van der Waals surface area contributed by atoms with Crippen LogP contribution in [0.4, 0.5) is 5.69 Å². The van der Waals surface area contributed by atoms with Crippen LogP contribution in [0.3, 0.4) is 0 Å². The Labute approximate surface area is 120 Å². The van der Waals surface area contributed by atoms with Gasteiger partial charge in [-0.2, -0.15) is 0 Å². The number of hydrogen-bond acceptors (Lipinski definition) is 2. The Hall–Kier alpha value is -1.84. The Kier molecular flexibility index (Phi) is 5.16. The predicted octanol–water partition coefficient (Wildman–Crippen LogP) is 2.49. The molecule has 108 valence electrons. The molecule has 1 aromatic rings. The van der Waals surface area contributed by atoms with Gasteiger partial charge in [0, 0.05) is 18.8 Å². The number of nitrogens with one attached hydrogen (secondary N) is 1. The van der Waals surface area contributed by atoms with Gasteiger partial charge in [0.1, 0.15) is 6.42 Å². The number of anilines is 1. The number of nitrogens with zero attached hydrogens (tertiary/aromatic N) is 1. The van der Waals surface area contributed by atoms with Crippen LogP contribution in [0.1, 0.15) is 38.5 Å². The minimum absolute atomic E-state index is 0.0815. The molecule has 0 aromatic heterocycles. The van der Waals surface area contributed by atoms with E-state index in [9.17, 15) is 9.59 Å². The van der Waals surface area contributed by atoms with Gasteiger partial charge in [-0.05, 0) is 25.0 Å². The van der Waals surface area contributed by atoms with Crippen LogP contribution in [-0.2, 0) is 9.59 Å². The van der Waals surface area contributed by atoms with Gasteiger partial charge in [0.2, 0.25) is 11.8 Å². The lowest BCUT2D eigenvalue weighted by Crippen LogP contribution is -2.39. The van der Waals surface area contributed by atoms with E-state index in [1.165, 1.54) is 24.2 Å². The number of hydrogen-bond donors (Lipinski definition) is 1. The SMILES string of the molecule is CN(C(=O)CC(=O)NC1CCCCC1)c1ccccc1. The smallest absolute Gasteiger partial charge is 0.236 e. The van der Waals surface area contributed by atoms with Crippen molar-refractivity contribution >= 4 is 17.5 Å². The van der Waals surface area contributed by atoms with Crippen LogP contribution in [0.15, 0.2) is 30.3 Å². The first-order chi connectivity index (χ1) is 9.66. The molecular weight excluding hydrogens is 252 g/mol. The van der Waals surface area contributed by atoms with Crippen molar-refractivity contribution < 1.29 is 9.59 Å². The van der Waals surface area contributed by atoms with E-state index in [1.807, 2.05) is 30.3 Å². The maximum absolute atomic E-state index is 12.1. The van der Waals surface area contributed by atoms with Gasteiger partial charge in [-0.25, -0.2) is 0 Å². The molecule has 0 bridgehead atoms. The van der Waals surface area contributed by atoms with E-state index in [1.54, 1.807) is 7.05 Å². The highest BCUT2D eigenvalue weighted by atomic mass is 16.2. The van der Waals surface area contributed by atoms with E-state index < -0.39 is 0 Å². The molecule has 0 heterocycles. The van der Waals surface area contributed by atoms with Crippen molar-refractivity contribution in [2.45, 2.75) is 44.6 Å². The first-order valence-corrected chi connectivity index (χ1v) is 7.28. The third-order valence-electron chi connectivity index (χ3n) is 3.80. The highest BCUT2D eigenvalue weighted by Gasteiger charge is 2.19. The van der Waals surface area contributed by atoms with Crippen molar-refractivity contribution in [1.29, 1.82) is 0 Å². The summed E-state index contributed by atoms with van der Waals surface area (Å²) < 4.78 is 0. The van der Waals surface area contributed by atoms with Crippen molar-refractivity contribution in [2.24, 2.45) is 0 Å². The standard InChI is InChI=1S/C16H22N2O2/c1-18(14-10-6-3-7-11-14)16(20)12-15(19)17-13-8-4-2-5-9-13/h3,6-7,10-11,13H,2,4-5,8-9,12H2,1H3,(H,17,19). The van der Waals surface area contributed by atoms with E-state index in [0.29, 0.717) is 0 Å². The zero-order valence-corrected chi connectivity index (χ0v) is 12.0. The zero-order valence-electron chi connectivity index (χ0n) is 12.0. The van der Waals surface area contributed by atoms with Gasteiger partial charge >= 0.3 is 0 Å². The van der Waals surface area contributed by atoms with Crippen molar-refractivity contribution in [3.05, 3.63) is 30.3 Å². The van der Waals surface area contributed by atoms with Crippen molar-refractivity contribution in [3.63, 3.8) is 0 Å². The molecule has 1 N–H and O–H groups in total. The second-order valence-corrected chi connectivity index (χ2v) is 5.37. The normalized spacial score (nSPS) is 15.7. The van der Waals surface area contributed by atoms with Crippen LogP contribution < -0.4 is 10.2 Å². The molecule has 1 aliphatic carbocycles. The molecule has 0 atom stereocenters. The molecule has 1 saturated carbocycles. The average molecular weight is 274 g/mol. The molecule has 0 aliphatic heterocycles. The molecule has 0 radical (unpaired) electrons. The second-order valence-electron chi connectivity index (χ2n) is 5.37. The first-order valence-electron chi connectivity index (χ1n) is 7.28. The topological polar surface area (TPSA) is 49.4 Å². The third-order valence-corrected chi connectivity index (χ3v) is 3.80. The summed E-state index contributed by atoms with van der Waals surface area (Å²) in [5.41, 5.74) is 0.808.